The number of pyridine rings is 1. The summed E-state index contributed by atoms with van der Waals surface area (Å²) in [4.78, 5) is 4.13. The fourth-order valence-corrected chi connectivity index (χ4v) is 5.02. The first-order valence-corrected chi connectivity index (χ1v) is 11.5. The Labute approximate surface area is 179 Å². The zero-order valence-electron chi connectivity index (χ0n) is 17.0. The fraction of sp³-hybridized carbons (Fsp3) is 0.364. The van der Waals surface area contributed by atoms with Crippen molar-refractivity contribution >= 4 is 20.9 Å². The minimum atomic E-state index is -4.11. The van der Waals surface area contributed by atoms with Gasteiger partial charge < -0.3 is 4.57 Å². The normalized spacial score (nSPS) is 14.7. The summed E-state index contributed by atoms with van der Waals surface area (Å²) in [6, 6.07) is 9.92. The molecule has 1 aliphatic carbocycles. The molecule has 3 aromatic rings. The van der Waals surface area contributed by atoms with Crippen LogP contribution in [0.3, 0.4) is 0 Å². The molecule has 0 radical (unpaired) electrons. The highest BCUT2D eigenvalue weighted by Gasteiger charge is 2.29. The van der Waals surface area contributed by atoms with Gasteiger partial charge in [-0.05, 0) is 49.9 Å². The maximum atomic E-state index is 12.7. The van der Waals surface area contributed by atoms with E-state index in [1.54, 1.807) is 0 Å². The lowest BCUT2D eigenvalue weighted by Gasteiger charge is -2.30. The first kappa shape index (κ1) is 21.4. The number of rotatable bonds is 7. The number of fused-ring (bicyclic) bond motifs is 1. The van der Waals surface area contributed by atoms with Gasteiger partial charge in [-0.3, -0.25) is 4.98 Å². The van der Waals surface area contributed by atoms with Gasteiger partial charge in [-0.1, -0.05) is 12.1 Å². The number of hydrogen-bond acceptors (Lipinski definition) is 4. The number of aryl methyl sites for hydroxylation is 1. The minimum Gasteiger partial charge on any atom is -0.335 e. The van der Waals surface area contributed by atoms with Gasteiger partial charge in [0.2, 0.25) is 10.0 Å². The Hall–Kier alpha value is -2.83. The van der Waals surface area contributed by atoms with Gasteiger partial charge in [0.1, 0.15) is 24.3 Å². The smallest absolute Gasteiger partial charge is 0.242 e. The van der Waals surface area contributed by atoms with Crippen LogP contribution >= 0.6 is 0 Å². The summed E-state index contributed by atoms with van der Waals surface area (Å²) in [7, 11) is -4.11. The van der Waals surface area contributed by atoms with Gasteiger partial charge in [0, 0.05) is 17.6 Å². The molecule has 2 heterocycles. The van der Waals surface area contributed by atoms with E-state index in [9.17, 15) is 22.5 Å². The van der Waals surface area contributed by atoms with Crippen LogP contribution in [0.25, 0.3) is 22.3 Å². The van der Waals surface area contributed by atoms with Crippen molar-refractivity contribution in [3.63, 3.8) is 0 Å². The van der Waals surface area contributed by atoms with Gasteiger partial charge in [0.15, 0.2) is 0 Å². The quantitative estimate of drug-likeness (QED) is 0.592. The Balaban J connectivity index is 1.82. The summed E-state index contributed by atoms with van der Waals surface area (Å²) in [5, 5.41) is 10.7. The third-order valence-corrected chi connectivity index (χ3v) is 7.20. The van der Waals surface area contributed by atoms with Crippen molar-refractivity contribution in [3.8, 4) is 17.5 Å². The van der Waals surface area contributed by atoms with Gasteiger partial charge in [-0.2, -0.15) is 5.26 Å². The van der Waals surface area contributed by atoms with Crippen LogP contribution in [0.2, 0.25) is 0 Å². The molecule has 0 amide bonds. The topological polar surface area (TPSA) is 87.8 Å². The predicted molar refractivity (Wildman–Crippen MR) is 114 cm³/mol. The largest absolute Gasteiger partial charge is 0.335 e. The molecule has 0 atom stereocenters. The van der Waals surface area contributed by atoms with Crippen LogP contribution in [-0.2, 0) is 10.0 Å². The molecule has 31 heavy (non-hydrogen) atoms. The molecule has 1 fully saturated rings. The molecule has 1 aliphatic rings. The molecule has 0 spiro atoms. The third kappa shape index (κ3) is 3.82. The van der Waals surface area contributed by atoms with Crippen molar-refractivity contribution in [1.29, 1.82) is 5.26 Å². The van der Waals surface area contributed by atoms with E-state index in [0.717, 1.165) is 41.9 Å². The first-order valence-electron chi connectivity index (χ1n) is 10.0. The van der Waals surface area contributed by atoms with Crippen LogP contribution in [0.15, 0.2) is 41.4 Å². The van der Waals surface area contributed by atoms with Gasteiger partial charge in [-0.25, -0.2) is 21.9 Å². The lowest BCUT2D eigenvalue weighted by Crippen LogP contribution is -2.37. The highest BCUT2D eigenvalue weighted by Crippen LogP contribution is 2.42. The van der Waals surface area contributed by atoms with E-state index in [1.807, 2.05) is 23.8 Å². The van der Waals surface area contributed by atoms with Crippen LogP contribution in [0.1, 0.15) is 36.4 Å². The summed E-state index contributed by atoms with van der Waals surface area (Å²) in [6.45, 7) is -0.294. The lowest BCUT2D eigenvalue weighted by molar-refractivity contribution is 0.324. The molecule has 0 aliphatic heterocycles. The maximum absolute atomic E-state index is 12.7. The number of hydrogen-bond donors (Lipinski definition) is 1. The van der Waals surface area contributed by atoms with Crippen molar-refractivity contribution in [1.82, 2.24) is 14.3 Å². The zero-order valence-corrected chi connectivity index (χ0v) is 17.8. The molecular formula is C22H22F2N4O2S. The Morgan fingerprint density at radius 2 is 2.00 bits per heavy atom. The molecular weight excluding hydrogens is 422 g/mol. The second kappa shape index (κ2) is 8.36. The van der Waals surface area contributed by atoms with Crippen molar-refractivity contribution in [2.45, 2.75) is 43.2 Å². The molecule has 1 saturated carbocycles. The van der Waals surface area contributed by atoms with Gasteiger partial charge in [-0.15, -0.1) is 0 Å². The number of nitrogens with one attached hydrogen (secondary N) is 1. The minimum absolute atomic E-state index is 0.191. The van der Waals surface area contributed by atoms with E-state index < -0.39 is 29.4 Å². The second-order valence-electron chi connectivity index (χ2n) is 7.82. The molecule has 0 unspecified atom stereocenters. The number of benzene rings is 1. The van der Waals surface area contributed by atoms with E-state index in [1.165, 1.54) is 12.1 Å². The van der Waals surface area contributed by atoms with Crippen LogP contribution in [-0.4, -0.2) is 37.4 Å². The van der Waals surface area contributed by atoms with Crippen LogP contribution in [0.4, 0.5) is 8.78 Å². The SMILES string of the molecule is Cc1ccc2c(C#N)c(-c3ccc(S(=O)(=O)NC(CF)CF)cn3)n(C3CCC3)c2c1. The van der Waals surface area contributed by atoms with Crippen LogP contribution in [0.5, 0.6) is 0 Å². The standard InChI is InChI=1S/C22H22F2N4O2S/c1-14-5-7-18-19(12-25)22(28(21(18)9-14)16-3-2-4-16)20-8-6-17(13-26-20)31(29,30)27-15(10-23)11-24/h5-9,13,15-16,27H,2-4,10-11H2,1H3. The second-order valence-corrected chi connectivity index (χ2v) is 9.53. The van der Waals surface area contributed by atoms with Gasteiger partial charge in [0.25, 0.3) is 0 Å². The highest BCUT2D eigenvalue weighted by atomic mass is 32.2. The Morgan fingerprint density at radius 3 is 2.55 bits per heavy atom. The summed E-state index contributed by atoms with van der Waals surface area (Å²) < 4.78 is 54.4. The third-order valence-electron chi connectivity index (χ3n) is 5.70. The molecule has 9 heteroatoms. The molecule has 4 rings (SSSR count). The number of alkyl halides is 2. The molecule has 1 aromatic carbocycles. The van der Waals surface area contributed by atoms with Crippen LogP contribution < -0.4 is 4.72 Å². The van der Waals surface area contributed by atoms with E-state index in [2.05, 4.69) is 21.7 Å². The molecule has 0 bridgehead atoms. The Kier molecular flexibility index (Phi) is 5.77. The van der Waals surface area contributed by atoms with Crippen molar-refractivity contribution in [2.24, 2.45) is 0 Å². The summed E-state index contributed by atoms with van der Waals surface area (Å²) in [5.74, 6) is 0. The summed E-state index contributed by atoms with van der Waals surface area (Å²) >= 11 is 0. The zero-order chi connectivity index (χ0) is 22.2. The van der Waals surface area contributed by atoms with Crippen molar-refractivity contribution in [3.05, 3.63) is 47.7 Å². The average molecular weight is 445 g/mol. The monoisotopic (exact) mass is 444 g/mol. The summed E-state index contributed by atoms with van der Waals surface area (Å²) in [5.41, 5.74) is 3.68. The van der Waals surface area contributed by atoms with E-state index >= 15 is 0 Å². The van der Waals surface area contributed by atoms with Crippen molar-refractivity contribution in [2.75, 3.05) is 13.3 Å². The number of halogens is 2. The molecule has 162 valence electrons. The number of aromatic nitrogens is 2. The summed E-state index contributed by atoms with van der Waals surface area (Å²) in [6.07, 6.45) is 4.26. The van der Waals surface area contributed by atoms with Crippen molar-refractivity contribution < 1.29 is 17.2 Å². The molecule has 1 N–H and O–H groups in total. The highest BCUT2D eigenvalue weighted by molar-refractivity contribution is 7.89. The number of nitriles is 1. The van der Waals surface area contributed by atoms with Gasteiger partial charge in [0.05, 0.1) is 28.5 Å². The van der Waals surface area contributed by atoms with E-state index in [4.69, 9.17) is 0 Å². The number of sulfonamides is 1. The van der Waals surface area contributed by atoms with Gasteiger partial charge >= 0.3 is 0 Å². The fourth-order valence-electron chi connectivity index (χ4n) is 3.88. The molecule has 0 saturated heterocycles. The van der Waals surface area contributed by atoms with E-state index in [0.29, 0.717) is 17.0 Å². The average Bonchev–Trinajstić information content (AvgIpc) is 3.04. The van der Waals surface area contributed by atoms with Crippen LogP contribution in [0, 0.1) is 18.3 Å². The predicted octanol–water partition coefficient (Wildman–Crippen LogP) is 4.19. The molecule has 2 aromatic heterocycles. The maximum Gasteiger partial charge on any atom is 0.242 e. The first-order chi connectivity index (χ1) is 14.9. The Morgan fingerprint density at radius 1 is 1.26 bits per heavy atom. The Bertz CT molecular complexity index is 1260. The van der Waals surface area contributed by atoms with E-state index in [-0.39, 0.29) is 10.9 Å². The number of nitrogens with zero attached hydrogens (tertiary/aromatic N) is 3. The molecule has 6 nitrogen and oxygen atoms in total. The lowest BCUT2D eigenvalue weighted by atomic mass is 9.92.